The quantitative estimate of drug-likeness (QED) is 0.254. The highest BCUT2D eigenvalue weighted by Crippen LogP contribution is 2.27. The molecular formula is C34H51N5O8S. The molecule has 3 aliphatic heterocycles. The number of likely N-dealkylation sites (tertiary alicyclic amines) is 1. The molecule has 48 heavy (non-hydrogen) atoms. The highest BCUT2D eigenvalue weighted by atomic mass is 32.2. The van der Waals surface area contributed by atoms with E-state index >= 15 is 0 Å². The van der Waals surface area contributed by atoms with Crippen LogP contribution in [0.5, 0.6) is 0 Å². The lowest BCUT2D eigenvalue weighted by Crippen LogP contribution is -2.54. The first-order valence-electron chi connectivity index (χ1n) is 17.4. The molecule has 0 radical (unpaired) electrons. The number of carbonyl (C=O) groups excluding carboxylic acids is 4. The molecule has 4 rings (SSSR count). The van der Waals surface area contributed by atoms with Crippen molar-refractivity contribution in [1.29, 1.82) is 0 Å². The van der Waals surface area contributed by atoms with Gasteiger partial charge in [-0.1, -0.05) is 63.6 Å². The Morgan fingerprint density at radius 2 is 1.81 bits per heavy atom. The van der Waals surface area contributed by atoms with Crippen molar-refractivity contribution in [3.8, 4) is 0 Å². The number of carboxylic acid groups (broad SMARTS) is 1. The van der Waals surface area contributed by atoms with Crippen LogP contribution in [0.25, 0.3) is 0 Å². The van der Waals surface area contributed by atoms with Crippen molar-refractivity contribution in [2.45, 2.75) is 116 Å². The van der Waals surface area contributed by atoms with Gasteiger partial charge in [-0.2, -0.15) is 0 Å². The number of benzene rings is 1. The van der Waals surface area contributed by atoms with Crippen molar-refractivity contribution in [1.82, 2.24) is 25.2 Å². The fourth-order valence-electron chi connectivity index (χ4n) is 6.67. The summed E-state index contributed by atoms with van der Waals surface area (Å²) in [6.07, 6.45) is 9.02. The van der Waals surface area contributed by atoms with Crippen LogP contribution in [0.15, 0.2) is 18.2 Å². The van der Waals surface area contributed by atoms with Gasteiger partial charge in [0.1, 0.15) is 29.6 Å². The Morgan fingerprint density at radius 3 is 2.60 bits per heavy atom. The minimum absolute atomic E-state index is 0.118. The van der Waals surface area contributed by atoms with Crippen LogP contribution in [0.4, 0.5) is 9.59 Å². The second-order valence-electron chi connectivity index (χ2n) is 13.2. The van der Waals surface area contributed by atoms with Crippen LogP contribution in [-0.2, 0) is 49.6 Å². The normalized spacial score (nSPS) is 22.4. The summed E-state index contributed by atoms with van der Waals surface area (Å²) < 4.78 is 20.1. The average Bonchev–Trinajstić information content (AvgIpc) is 3.73. The number of hydrogen-bond acceptors (Lipinski definition) is 7. The third kappa shape index (κ3) is 11.2. The predicted molar refractivity (Wildman–Crippen MR) is 180 cm³/mol. The summed E-state index contributed by atoms with van der Waals surface area (Å²) in [5.74, 6) is -0.785. The van der Waals surface area contributed by atoms with Crippen LogP contribution in [0.2, 0.25) is 0 Å². The van der Waals surface area contributed by atoms with Crippen LogP contribution >= 0.6 is 0 Å². The third-order valence-electron chi connectivity index (χ3n) is 9.42. The zero-order valence-corrected chi connectivity index (χ0v) is 28.8. The molecule has 0 bridgehead atoms. The summed E-state index contributed by atoms with van der Waals surface area (Å²) in [6, 6.07) is 4.45. The minimum Gasteiger partial charge on any atom is -0.465 e. The Balaban J connectivity index is 1.14. The van der Waals surface area contributed by atoms with Crippen LogP contribution < -0.4 is 15.4 Å². The number of fused-ring (bicyclic) bond motifs is 1. The molecule has 13 nitrogen and oxygen atoms in total. The molecule has 0 aromatic heterocycles. The molecule has 5 amide bonds. The van der Waals surface area contributed by atoms with Gasteiger partial charge in [0.15, 0.2) is 0 Å². The van der Waals surface area contributed by atoms with E-state index in [4.69, 9.17) is 4.74 Å². The molecule has 0 aliphatic carbocycles. The van der Waals surface area contributed by atoms with E-state index in [1.807, 2.05) is 19.1 Å². The molecule has 0 saturated carbocycles. The summed E-state index contributed by atoms with van der Waals surface area (Å²) in [6.45, 7) is 3.13. The molecule has 0 spiro atoms. The Labute approximate surface area is 285 Å². The van der Waals surface area contributed by atoms with Gasteiger partial charge in [0.2, 0.25) is 11.8 Å². The highest BCUT2D eigenvalue weighted by Gasteiger charge is 2.36. The predicted octanol–water partition coefficient (Wildman–Crippen LogP) is 3.76. The van der Waals surface area contributed by atoms with Crippen molar-refractivity contribution >= 4 is 40.9 Å². The lowest BCUT2D eigenvalue weighted by molar-refractivity contribution is -0.138. The first kappa shape index (κ1) is 37.1. The highest BCUT2D eigenvalue weighted by molar-refractivity contribution is 7.83. The van der Waals surface area contributed by atoms with E-state index in [0.29, 0.717) is 44.6 Å². The second kappa shape index (κ2) is 18.8. The number of amides is 5. The number of carbonyl (C=O) groups is 5. The molecule has 4 atom stereocenters. The van der Waals surface area contributed by atoms with Gasteiger partial charge in [-0.3, -0.25) is 24.0 Å². The topological polar surface area (TPSA) is 174 Å². The van der Waals surface area contributed by atoms with E-state index in [-0.39, 0.29) is 19.1 Å². The minimum atomic E-state index is -1.49. The van der Waals surface area contributed by atoms with Crippen molar-refractivity contribution in [2.24, 2.45) is 5.92 Å². The fourth-order valence-corrected chi connectivity index (χ4v) is 7.60. The second-order valence-corrected chi connectivity index (χ2v) is 14.5. The van der Waals surface area contributed by atoms with E-state index in [0.717, 1.165) is 75.3 Å². The number of alkyl carbamates (subject to hydrolysis) is 1. The third-order valence-corrected chi connectivity index (χ3v) is 10.5. The maximum atomic E-state index is 13.2. The van der Waals surface area contributed by atoms with Crippen LogP contribution in [0.3, 0.4) is 0 Å². The zero-order chi connectivity index (χ0) is 34.5. The fraction of sp³-hybridized carbons (Fsp3) is 0.676. The summed E-state index contributed by atoms with van der Waals surface area (Å²) >= 11 is 0. The molecule has 1 aromatic rings. The maximum absolute atomic E-state index is 13.2. The van der Waals surface area contributed by atoms with Gasteiger partial charge in [0, 0.05) is 25.4 Å². The van der Waals surface area contributed by atoms with E-state index in [1.165, 1.54) is 15.4 Å². The molecule has 3 heterocycles. The SMILES string of the molecule is C[C@H](CCCCc1cccc2c1CN(C(=O)O)C2)COC(=O)NCC(=O)N1CCCC1C(=O)NC1CCCCCCCCS(=O)NC1=O. The van der Waals surface area contributed by atoms with E-state index in [2.05, 4.69) is 21.4 Å². The molecule has 2 fully saturated rings. The van der Waals surface area contributed by atoms with Gasteiger partial charge in [0.25, 0.3) is 5.91 Å². The Kier molecular flexibility index (Phi) is 14.5. The van der Waals surface area contributed by atoms with E-state index < -0.39 is 53.0 Å². The van der Waals surface area contributed by atoms with Gasteiger partial charge < -0.3 is 25.4 Å². The smallest absolute Gasteiger partial charge is 0.407 e. The number of hydrogen-bond donors (Lipinski definition) is 4. The number of ether oxygens (including phenoxy) is 1. The first-order valence-corrected chi connectivity index (χ1v) is 18.7. The zero-order valence-electron chi connectivity index (χ0n) is 28.0. The number of nitrogens with zero attached hydrogens (tertiary/aromatic N) is 2. The summed E-state index contributed by atoms with van der Waals surface area (Å²) in [5.41, 5.74) is 3.36. The van der Waals surface area contributed by atoms with Gasteiger partial charge in [0.05, 0.1) is 6.61 Å². The molecule has 4 N–H and O–H groups in total. The summed E-state index contributed by atoms with van der Waals surface area (Å²) in [7, 11) is -1.49. The number of nitrogens with one attached hydrogen (secondary N) is 3. The number of rotatable bonds is 11. The molecule has 3 aliphatic rings. The lowest BCUT2D eigenvalue weighted by atomic mass is 9.97. The molecule has 14 heteroatoms. The summed E-state index contributed by atoms with van der Waals surface area (Å²) in [5, 5.41) is 14.6. The number of aryl methyl sites for hydroxylation is 1. The van der Waals surface area contributed by atoms with Gasteiger partial charge >= 0.3 is 12.2 Å². The Hall–Kier alpha value is -3.68. The Morgan fingerprint density at radius 1 is 1.04 bits per heavy atom. The van der Waals surface area contributed by atoms with Gasteiger partial charge in [-0.25, -0.2) is 13.8 Å². The van der Waals surface area contributed by atoms with Crippen LogP contribution in [0, 0.1) is 5.92 Å². The van der Waals surface area contributed by atoms with E-state index in [9.17, 15) is 33.3 Å². The average molecular weight is 690 g/mol. The molecule has 2 saturated heterocycles. The Bertz CT molecular complexity index is 1330. The van der Waals surface area contributed by atoms with Crippen LogP contribution in [0.1, 0.15) is 101 Å². The first-order chi connectivity index (χ1) is 23.1. The maximum Gasteiger partial charge on any atom is 0.407 e. The van der Waals surface area contributed by atoms with Crippen molar-refractivity contribution in [3.63, 3.8) is 0 Å². The molecule has 3 unspecified atom stereocenters. The molecular weight excluding hydrogens is 638 g/mol. The van der Waals surface area contributed by atoms with Crippen molar-refractivity contribution in [2.75, 3.05) is 25.4 Å². The number of unbranched alkanes of at least 4 members (excludes halogenated alkanes) is 1. The monoisotopic (exact) mass is 689 g/mol. The van der Waals surface area contributed by atoms with Crippen LogP contribution in [-0.4, -0.2) is 86.6 Å². The lowest BCUT2D eigenvalue weighted by Gasteiger charge is -2.26. The van der Waals surface area contributed by atoms with Crippen molar-refractivity contribution in [3.05, 3.63) is 34.9 Å². The molecule has 1 aromatic carbocycles. The summed E-state index contributed by atoms with van der Waals surface area (Å²) in [4.78, 5) is 65.6. The standard InChI is InChI=1S/C34H51N5O8S/c1-24(12-7-8-13-25-14-10-15-26-21-38(34(44)45)22-27(25)26)23-47-33(43)35-20-30(40)39-18-11-17-29(39)32(42)36-28-16-6-4-2-3-5-9-19-48(46)37-31(28)41/h10,14-15,24,28-29H,2-9,11-13,16-23H2,1H3,(H,35,43)(H,36,42)(H,37,41)(H,44,45)/t24-,28?,29?,48?/m1/s1. The van der Waals surface area contributed by atoms with Gasteiger partial charge in [-0.15, -0.1) is 0 Å². The van der Waals surface area contributed by atoms with E-state index in [1.54, 1.807) is 0 Å². The molecule has 266 valence electrons. The van der Waals surface area contributed by atoms with Crippen molar-refractivity contribution < 1.29 is 38.0 Å². The largest absolute Gasteiger partial charge is 0.465 e. The van der Waals surface area contributed by atoms with Gasteiger partial charge in [-0.05, 0) is 67.6 Å².